The summed E-state index contributed by atoms with van der Waals surface area (Å²) < 4.78 is 12.3. The standard InChI is InChI=1S/C32H39N3O6/c36-30-29(21-10-4-5-11-21)34-32(39)41-27-16-8-13-20(27)9-2-1-3-15-25-28(17-22-12-6-7-14-24(22)33-25)40-23-18-26(31(37)38)35(30)19-23/h3,6-7,12,14-15,17,20-21,23,26-27,29H,1-2,4-5,8-11,13,16,18-19H2,(H,34,39)(H,37,38)/b15-3+/t20-,23-,26+,27-,29+/m1/s1. The van der Waals surface area contributed by atoms with E-state index in [1.54, 1.807) is 0 Å². The van der Waals surface area contributed by atoms with E-state index in [1.165, 1.54) is 4.90 Å². The Balaban J connectivity index is 1.34. The number of ether oxygens (including phenoxy) is 2. The molecule has 2 N–H and O–H groups in total. The first-order chi connectivity index (χ1) is 20.0. The molecule has 1 aromatic carbocycles. The number of rotatable bonds is 2. The van der Waals surface area contributed by atoms with Crippen molar-refractivity contribution in [3.63, 3.8) is 0 Å². The summed E-state index contributed by atoms with van der Waals surface area (Å²) >= 11 is 0. The van der Waals surface area contributed by atoms with Crippen molar-refractivity contribution in [1.29, 1.82) is 0 Å². The number of carbonyl (C=O) groups is 3. The van der Waals surface area contributed by atoms with E-state index in [0.29, 0.717) is 17.4 Å². The lowest BCUT2D eigenvalue weighted by atomic mass is 9.96. The molecule has 218 valence electrons. The van der Waals surface area contributed by atoms with E-state index in [2.05, 4.69) is 11.4 Å². The average Bonchev–Trinajstić information content (AvgIpc) is 3.73. The van der Waals surface area contributed by atoms with Crippen LogP contribution in [0.3, 0.4) is 0 Å². The topological polar surface area (TPSA) is 118 Å². The predicted octanol–water partition coefficient (Wildman–Crippen LogP) is 5.32. The second kappa shape index (κ2) is 12.1. The molecule has 3 fully saturated rings. The van der Waals surface area contributed by atoms with Crippen LogP contribution in [0.2, 0.25) is 0 Å². The number of amides is 2. The Hall–Kier alpha value is -3.62. The molecule has 1 aromatic heterocycles. The summed E-state index contributed by atoms with van der Waals surface area (Å²) in [5, 5.41) is 13.9. The largest absolute Gasteiger partial charge is 0.486 e. The van der Waals surface area contributed by atoms with Crippen molar-refractivity contribution in [3.05, 3.63) is 42.1 Å². The van der Waals surface area contributed by atoms with Gasteiger partial charge >= 0.3 is 12.1 Å². The van der Waals surface area contributed by atoms with Crippen LogP contribution >= 0.6 is 0 Å². The van der Waals surface area contributed by atoms with Gasteiger partial charge in [0.25, 0.3) is 0 Å². The molecule has 1 saturated heterocycles. The highest BCUT2D eigenvalue weighted by Crippen LogP contribution is 2.35. The summed E-state index contributed by atoms with van der Waals surface area (Å²) in [7, 11) is 0. The number of alkyl carbamates (subject to hydrolysis) is 1. The molecule has 2 aliphatic carbocycles. The van der Waals surface area contributed by atoms with Gasteiger partial charge < -0.3 is 24.8 Å². The predicted molar refractivity (Wildman–Crippen MR) is 153 cm³/mol. The Morgan fingerprint density at radius 1 is 0.976 bits per heavy atom. The average molecular weight is 562 g/mol. The van der Waals surface area contributed by atoms with E-state index in [0.717, 1.165) is 75.1 Å². The van der Waals surface area contributed by atoms with Crippen LogP contribution in [0.15, 0.2) is 36.4 Å². The molecule has 3 heterocycles. The molecular weight excluding hydrogens is 522 g/mol. The third-order valence-corrected chi connectivity index (χ3v) is 9.32. The van der Waals surface area contributed by atoms with Gasteiger partial charge in [-0.1, -0.05) is 37.1 Å². The number of carboxylic acid groups (broad SMARTS) is 1. The third-order valence-electron chi connectivity index (χ3n) is 9.32. The first-order valence-corrected chi connectivity index (χ1v) is 15.2. The maximum absolute atomic E-state index is 14.0. The molecule has 2 amide bonds. The van der Waals surface area contributed by atoms with Gasteiger partial charge in [-0.05, 0) is 81.4 Å². The van der Waals surface area contributed by atoms with Crippen molar-refractivity contribution in [2.24, 2.45) is 11.8 Å². The van der Waals surface area contributed by atoms with Crippen LogP contribution in [0, 0.1) is 11.8 Å². The minimum absolute atomic E-state index is 0.0455. The molecule has 6 rings (SSSR count). The molecule has 0 spiro atoms. The number of nitrogens with zero attached hydrogens (tertiary/aromatic N) is 2. The molecule has 4 aliphatic rings. The van der Waals surface area contributed by atoms with E-state index in [9.17, 15) is 19.5 Å². The minimum atomic E-state index is -1.08. The monoisotopic (exact) mass is 561 g/mol. The Kier molecular flexibility index (Phi) is 8.12. The summed E-state index contributed by atoms with van der Waals surface area (Å²) in [4.78, 5) is 45.7. The SMILES string of the molecule is O=C1N[C@@H](C2CCCC2)C(=O)N2C[C@@H](C[C@H]2C(=O)O)Oc2cc3ccccc3nc2/C=C/CCC[C@@H]2CCC[C@H]2O1. The number of pyridine rings is 1. The van der Waals surface area contributed by atoms with Crippen LogP contribution in [0.5, 0.6) is 5.75 Å². The Labute approximate surface area is 240 Å². The second-order valence-electron chi connectivity index (χ2n) is 12.0. The number of nitrogens with one attached hydrogen (secondary N) is 1. The van der Waals surface area contributed by atoms with Crippen molar-refractivity contribution in [2.45, 2.75) is 94.9 Å². The van der Waals surface area contributed by atoms with Crippen LogP contribution in [0.25, 0.3) is 17.0 Å². The number of allylic oxidation sites excluding steroid dienone is 1. The van der Waals surface area contributed by atoms with Gasteiger partial charge in [0.05, 0.1) is 12.1 Å². The molecule has 9 nitrogen and oxygen atoms in total. The van der Waals surface area contributed by atoms with Gasteiger partial charge in [0.15, 0.2) is 0 Å². The van der Waals surface area contributed by atoms with Gasteiger partial charge in [-0.2, -0.15) is 0 Å². The molecule has 5 atom stereocenters. The fraction of sp³-hybridized carbons (Fsp3) is 0.562. The Morgan fingerprint density at radius 2 is 1.76 bits per heavy atom. The van der Waals surface area contributed by atoms with Gasteiger partial charge in [0, 0.05) is 11.8 Å². The number of carboxylic acids is 1. The van der Waals surface area contributed by atoms with Gasteiger partial charge in [0.2, 0.25) is 5.91 Å². The second-order valence-corrected chi connectivity index (χ2v) is 12.0. The van der Waals surface area contributed by atoms with E-state index in [-0.39, 0.29) is 30.9 Å². The molecular formula is C32H39N3O6. The van der Waals surface area contributed by atoms with Crippen molar-refractivity contribution in [3.8, 4) is 5.75 Å². The van der Waals surface area contributed by atoms with E-state index < -0.39 is 30.3 Å². The zero-order valence-corrected chi connectivity index (χ0v) is 23.4. The van der Waals surface area contributed by atoms with Gasteiger partial charge in [0.1, 0.15) is 35.7 Å². The fourth-order valence-corrected chi connectivity index (χ4v) is 7.20. The summed E-state index contributed by atoms with van der Waals surface area (Å²) in [5.74, 6) is -0.616. The van der Waals surface area contributed by atoms with E-state index in [1.807, 2.05) is 36.4 Å². The maximum atomic E-state index is 14.0. The zero-order valence-electron chi connectivity index (χ0n) is 23.4. The number of para-hydroxylation sites is 1. The number of hydrogen-bond acceptors (Lipinski definition) is 6. The highest BCUT2D eigenvalue weighted by molar-refractivity contribution is 5.90. The molecule has 41 heavy (non-hydrogen) atoms. The highest BCUT2D eigenvalue weighted by Gasteiger charge is 2.45. The van der Waals surface area contributed by atoms with Crippen LogP contribution in [-0.4, -0.2) is 63.8 Å². The van der Waals surface area contributed by atoms with Crippen LogP contribution in [0.4, 0.5) is 4.79 Å². The molecule has 0 unspecified atom stereocenters. The van der Waals surface area contributed by atoms with Crippen molar-refractivity contribution >= 4 is 34.9 Å². The molecule has 2 saturated carbocycles. The summed E-state index contributed by atoms with van der Waals surface area (Å²) in [5.41, 5.74) is 1.55. The first-order valence-electron chi connectivity index (χ1n) is 15.2. The van der Waals surface area contributed by atoms with E-state index in [4.69, 9.17) is 14.5 Å². The number of fused-ring (bicyclic) bond motifs is 5. The maximum Gasteiger partial charge on any atom is 0.408 e. The van der Waals surface area contributed by atoms with E-state index >= 15 is 0 Å². The number of benzene rings is 1. The summed E-state index contributed by atoms with van der Waals surface area (Å²) in [6.07, 6.45) is 12.2. The third kappa shape index (κ3) is 6.04. The Bertz CT molecular complexity index is 1320. The fourth-order valence-electron chi connectivity index (χ4n) is 7.20. The minimum Gasteiger partial charge on any atom is -0.486 e. The van der Waals surface area contributed by atoms with Gasteiger partial charge in [-0.25, -0.2) is 14.6 Å². The lowest BCUT2D eigenvalue weighted by molar-refractivity contribution is -0.149. The number of aromatic nitrogens is 1. The number of hydrogen-bond donors (Lipinski definition) is 2. The molecule has 2 aromatic rings. The number of carbonyl (C=O) groups excluding carboxylic acids is 2. The van der Waals surface area contributed by atoms with Crippen molar-refractivity contribution in [1.82, 2.24) is 15.2 Å². The van der Waals surface area contributed by atoms with Gasteiger partial charge in [-0.15, -0.1) is 0 Å². The molecule has 0 radical (unpaired) electrons. The molecule has 9 heteroatoms. The lowest BCUT2D eigenvalue weighted by Gasteiger charge is -2.31. The van der Waals surface area contributed by atoms with Crippen LogP contribution < -0.4 is 10.1 Å². The molecule has 2 bridgehead atoms. The van der Waals surface area contributed by atoms with Crippen LogP contribution in [-0.2, 0) is 14.3 Å². The first kappa shape index (κ1) is 27.5. The van der Waals surface area contributed by atoms with Crippen LogP contribution in [0.1, 0.15) is 76.3 Å². The van der Waals surface area contributed by atoms with Crippen molar-refractivity contribution < 1.29 is 29.0 Å². The van der Waals surface area contributed by atoms with Gasteiger partial charge in [-0.3, -0.25) is 4.79 Å². The Morgan fingerprint density at radius 3 is 2.59 bits per heavy atom. The summed E-state index contributed by atoms with van der Waals surface area (Å²) in [6.45, 7) is 0.121. The lowest BCUT2D eigenvalue weighted by Crippen LogP contribution is -2.55. The van der Waals surface area contributed by atoms with Crippen molar-refractivity contribution in [2.75, 3.05) is 6.54 Å². The normalized spacial score (nSPS) is 30.4. The zero-order chi connectivity index (χ0) is 28.3. The molecule has 2 aliphatic heterocycles. The number of aliphatic carboxylic acids is 1. The highest BCUT2D eigenvalue weighted by atomic mass is 16.6. The quantitative estimate of drug-likeness (QED) is 0.510. The smallest absolute Gasteiger partial charge is 0.408 e. The summed E-state index contributed by atoms with van der Waals surface area (Å²) in [6, 6.07) is 7.92.